The zero-order valence-electron chi connectivity index (χ0n) is 12.8. The first-order valence-electron chi connectivity index (χ1n) is 6.65. The molecule has 0 N–H and O–H groups in total. The van der Waals surface area contributed by atoms with Gasteiger partial charge in [-0.1, -0.05) is 11.8 Å². The van der Waals surface area contributed by atoms with E-state index in [1.54, 1.807) is 14.2 Å². The Balaban J connectivity index is 2.22. The van der Waals surface area contributed by atoms with E-state index in [0.29, 0.717) is 11.5 Å². The average molecular weight is 281 g/mol. The molecule has 0 atom stereocenters. The predicted octanol–water partition coefficient (Wildman–Crippen LogP) is 3.17. The molecule has 0 radical (unpaired) electrons. The van der Waals surface area contributed by atoms with Crippen LogP contribution < -0.4 is 14.4 Å². The molecule has 2 aromatic carbocycles. The van der Waals surface area contributed by atoms with Gasteiger partial charge in [0.25, 0.3) is 0 Å². The van der Waals surface area contributed by atoms with Gasteiger partial charge < -0.3 is 14.4 Å². The summed E-state index contributed by atoms with van der Waals surface area (Å²) < 4.78 is 10.5. The van der Waals surface area contributed by atoms with E-state index in [-0.39, 0.29) is 0 Å². The molecule has 0 fully saturated rings. The molecule has 0 saturated heterocycles. The van der Waals surface area contributed by atoms with Gasteiger partial charge in [0.2, 0.25) is 0 Å². The van der Waals surface area contributed by atoms with Crippen molar-refractivity contribution in [2.45, 2.75) is 0 Å². The van der Waals surface area contributed by atoms with Gasteiger partial charge in [-0.3, -0.25) is 0 Å². The highest BCUT2D eigenvalue weighted by Gasteiger charge is 2.02. The van der Waals surface area contributed by atoms with Crippen molar-refractivity contribution in [1.29, 1.82) is 0 Å². The van der Waals surface area contributed by atoms with Crippen LogP contribution in [-0.4, -0.2) is 28.3 Å². The van der Waals surface area contributed by atoms with Gasteiger partial charge in [-0.25, -0.2) is 0 Å². The Morgan fingerprint density at radius 1 is 0.762 bits per heavy atom. The average Bonchev–Trinajstić information content (AvgIpc) is 2.52. The molecule has 21 heavy (non-hydrogen) atoms. The third kappa shape index (κ3) is 3.70. The molecule has 0 aliphatic heterocycles. The van der Waals surface area contributed by atoms with Gasteiger partial charge in [0.05, 0.1) is 14.2 Å². The lowest BCUT2D eigenvalue weighted by Crippen LogP contribution is -2.07. The van der Waals surface area contributed by atoms with Crippen molar-refractivity contribution in [3.8, 4) is 23.3 Å². The van der Waals surface area contributed by atoms with Gasteiger partial charge in [0, 0.05) is 30.9 Å². The van der Waals surface area contributed by atoms with Crippen LogP contribution in [0.2, 0.25) is 0 Å². The van der Waals surface area contributed by atoms with Crippen LogP contribution in [0.5, 0.6) is 11.5 Å². The third-order valence-electron chi connectivity index (χ3n) is 3.12. The van der Waals surface area contributed by atoms with Crippen molar-refractivity contribution in [3.05, 3.63) is 53.6 Å². The van der Waals surface area contributed by atoms with Gasteiger partial charge in [0.15, 0.2) is 11.5 Å². The van der Waals surface area contributed by atoms with E-state index in [0.717, 1.165) is 16.8 Å². The normalized spacial score (nSPS) is 9.52. The smallest absolute Gasteiger partial charge is 0.161 e. The maximum absolute atomic E-state index is 5.27. The molecule has 0 saturated carbocycles. The SMILES string of the molecule is COc1ccc(C#Cc2ccc(N(C)C)cc2)cc1OC. The van der Waals surface area contributed by atoms with Gasteiger partial charge in [0.1, 0.15) is 0 Å². The summed E-state index contributed by atoms with van der Waals surface area (Å²) in [5.74, 6) is 7.68. The van der Waals surface area contributed by atoms with E-state index in [4.69, 9.17) is 9.47 Å². The maximum atomic E-state index is 5.27. The third-order valence-corrected chi connectivity index (χ3v) is 3.12. The van der Waals surface area contributed by atoms with Crippen LogP contribution in [-0.2, 0) is 0 Å². The van der Waals surface area contributed by atoms with Crippen LogP contribution in [0.1, 0.15) is 11.1 Å². The van der Waals surface area contributed by atoms with Crippen LogP contribution >= 0.6 is 0 Å². The summed E-state index contributed by atoms with van der Waals surface area (Å²) in [5, 5.41) is 0. The number of hydrogen-bond acceptors (Lipinski definition) is 3. The zero-order valence-corrected chi connectivity index (χ0v) is 12.8. The van der Waals surface area contributed by atoms with E-state index in [9.17, 15) is 0 Å². The quantitative estimate of drug-likeness (QED) is 0.807. The summed E-state index contributed by atoms with van der Waals surface area (Å²) in [6.45, 7) is 0. The molecule has 0 spiro atoms. The van der Waals surface area contributed by atoms with Crippen molar-refractivity contribution in [3.63, 3.8) is 0 Å². The molecule has 0 aromatic heterocycles. The Morgan fingerprint density at radius 3 is 1.90 bits per heavy atom. The van der Waals surface area contributed by atoms with Gasteiger partial charge >= 0.3 is 0 Å². The molecule has 0 unspecified atom stereocenters. The molecule has 108 valence electrons. The molecule has 3 nitrogen and oxygen atoms in total. The standard InChI is InChI=1S/C18H19NO2/c1-19(2)16-10-7-14(8-11-16)5-6-15-9-12-17(20-3)18(13-15)21-4/h7-13H,1-4H3. The summed E-state index contributed by atoms with van der Waals surface area (Å²) in [5.41, 5.74) is 3.03. The Labute approximate surface area is 126 Å². The van der Waals surface area contributed by atoms with Crippen molar-refractivity contribution in [2.24, 2.45) is 0 Å². The second kappa shape index (κ2) is 6.71. The highest BCUT2D eigenvalue weighted by atomic mass is 16.5. The van der Waals surface area contributed by atoms with Gasteiger partial charge in [-0.15, -0.1) is 0 Å². The van der Waals surface area contributed by atoms with Crippen LogP contribution in [0.3, 0.4) is 0 Å². The zero-order chi connectivity index (χ0) is 15.2. The Kier molecular flexibility index (Phi) is 4.73. The number of nitrogens with zero attached hydrogens (tertiary/aromatic N) is 1. The number of rotatable bonds is 3. The molecule has 2 aromatic rings. The Hall–Kier alpha value is -2.60. The molecule has 0 aliphatic carbocycles. The molecule has 2 rings (SSSR count). The molecule has 0 amide bonds. The fourth-order valence-corrected chi connectivity index (χ4v) is 1.90. The lowest BCUT2D eigenvalue weighted by atomic mass is 10.1. The highest BCUT2D eigenvalue weighted by molar-refractivity contribution is 5.53. The summed E-state index contributed by atoms with van der Waals surface area (Å²) >= 11 is 0. The number of hydrogen-bond donors (Lipinski definition) is 0. The second-order valence-corrected chi connectivity index (χ2v) is 4.76. The highest BCUT2D eigenvalue weighted by Crippen LogP contribution is 2.27. The lowest BCUT2D eigenvalue weighted by molar-refractivity contribution is 0.355. The first-order valence-corrected chi connectivity index (χ1v) is 6.65. The summed E-state index contributed by atoms with van der Waals surface area (Å²) in [7, 11) is 7.28. The molecule has 3 heteroatoms. The number of anilines is 1. The Morgan fingerprint density at radius 2 is 1.33 bits per heavy atom. The molecule has 0 aliphatic rings. The van der Waals surface area contributed by atoms with Crippen LogP contribution in [0.25, 0.3) is 0 Å². The Bertz CT molecular complexity index is 664. The lowest BCUT2D eigenvalue weighted by Gasteiger charge is -2.11. The van der Waals surface area contributed by atoms with Crippen molar-refractivity contribution < 1.29 is 9.47 Å². The van der Waals surface area contributed by atoms with E-state index < -0.39 is 0 Å². The predicted molar refractivity (Wildman–Crippen MR) is 86.3 cm³/mol. The molecular weight excluding hydrogens is 262 g/mol. The van der Waals surface area contributed by atoms with Gasteiger partial charge in [-0.2, -0.15) is 0 Å². The number of ether oxygens (including phenoxy) is 2. The van der Waals surface area contributed by atoms with Crippen molar-refractivity contribution in [2.75, 3.05) is 33.2 Å². The fraction of sp³-hybridized carbons (Fsp3) is 0.222. The minimum Gasteiger partial charge on any atom is -0.493 e. The van der Waals surface area contributed by atoms with Crippen LogP contribution in [0.15, 0.2) is 42.5 Å². The first-order chi connectivity index (χ1) is 10.1. The minimum absolute atomic E-state index is 0.687. The molecular formula is C18H19NO2. The van der Waals surface area contributed by atoms with Crippen LogP contribution in [0, 0.1) is 11.8 Å². The monoisotopic (exact) mass is 281 g/mol. The van der Waals surface area contributed by atoms with E-state index in [1.807, 2.05) is 44.4 Å². The number of methoxy groups -OCH3 is 2. The van der Waals surface area contributed by atoms with E-state index in [1.165, 1.54) is 0 Å². The maximum Gasteiger partial charge on any atom is 0.161 e. The summed E-state index contributed by atoms with van der Waals surface area (Å²) in [6.07, 6.45) is 0. The molecule has 0 bridgehead atoms. The van der Waals surface area contributed by atoms with Crippen LogP contribution in [0.4, 0.5) is 5.69 Å². The van der Waals surface area contributed by atoms with Crippen molar-refractivity contribution in [1.82, 2.24) is 0 Å². The molecule has 0 heterocycles. The van der Waals surface area contributed by atoms with E-state index in [2.05, 4.69) is 28.9 Å². The number of benzene rings is 2. The largest absolute Gasteiger partial charge is 0.493 e. The first kappa shape index (κ1) is 14.8. The fourth-order valence-electron chi connectivity index (χ4n) is 1.90. The van der Waals surface area contributed by atoms with Gasteiger partial charge in [-0.05, 0) is 42.5 Å². The van der Waals surface area contributed by atoms with Crippen molar-refractivity contribution >= 4 is 5.69 Å². The minimum atomic E-state index is 0.687. The van der Waals surface area contributed by atoms with E-state index >= 15 is 0 Å². The topological polar surface area (TPSA) is 21.7 Å². The second-order valence-electron chi connectivity index (χ2n) is 4.76. The summed E-state index contributed by atoms with van der Waals surface area (Å²) in [4.78, 5) is 2.06. The summed E-state index contributed by atoms with van der Waals surface area (Å²) in [6, 6.07) is 13.8.